The molecule has 3 rings (SSSR count). The summed E-state index contributed by atoms with van der Waals surface area (Å²) < 4.78 is 19.1. The second kappa shape index (κ2) is 12.8. The first kappa shape index (κ1) is 23.7. The molecule has 3 heteroatoms. The van der Waals surface area contributed by atoms with E-state index in [1.165, 1.54) is 74.6 Å². The molecular formula is C28H38FNO. The molecular weight excluding hydrogens is 385 g/mol. The average molecular weight is 424 g/mol. The van der Waals surface area contributed by atoms with E-state index >= 15 is 0 Å². The Bertz CT molecular complexity index is 744. The highest BCUT2D eigenvalue weighted by atomic mass is 19.1. The Hall–Kier alpha value is -1.92. The maximum Gasteiger partial charge on any atom is 0.199 e. The van der Waals surface area contributed by atoms with Crippen molar-refractivity contribution in [2.45, 2.75) is 89.6 Å². The quantitative estimate of drug-likeness (QED) is 0.300. The van der Waals surface area contributed by atoms with Gasteiger partial charge in [-0.25, -0.2) is 0 Å². The summed E-state index contributed by atoms with van der Waals surface area (Å²) in [6.45, 7) is 3.15. The van der Waals surface area contributed by atoms with Crippen LogP contribution in [0.4, 0.5) is 4.39 Å². The van der Waals surface area contributed by atoms with Crippen molar-refractivity contribution in [2.24, 2.45) is 11.8 Å². The Labute approximate surface area is 188 Å². The number of allylic oxidation sites excluding steroid dienone is 4. The fourth-order valence-corrected chi connectivity index (χ4v) is 5.17. The Kier molecular flexibility index (Phi) is 9.82. The van der Waals surface area contributed by atoms with E-state index in [1.807, 2.05) is 6.08 Å². The summed E-state index contributed by atoms with van der Waals surface area (Å²) in [4.78, 5) is 0. The normalized spacial score (nSPS) is 27.3. The topological polar surface area (TPSA) is 33.0 Å². The molecule has 2 fully saturated rings. The molecule has 0 atom stereocenters. The van der Waals surface area contributed by atoms with Crippen LogP contribution in [-0.4, -0.2) is 12.7 Å². The number of hydrogen-bond acceptors (Lipinski definition) is 2. The molecule has 2 aliphatic rings. The van der Waals surface area contributed by atoms with Gasteiger partial charge in [-0.1, -0.05) is 56.2 Å². The molecule has 168 valence electrons. The third-order valence-electron chi connectivity index (χ3n) is 7.29. The molecule has 0 aliphatic heterocycles. The molecule has 0 aromatic heterocycles. The number of hydrogen-bond donors (Lipinski definition) is 0. The summed E-state index contributed by atoms with van der Waals surface area (Å²) in [6.07, 6.45) is 18.6. The van der Waals surface area contributed by atoms with Crippen LogP contribution in [0, 0.1) is 23.2 Å². The fraction of sp³-hybridized carbons (Fsp3) is 0.607. The molecule has 2 nitrogen and oxygen atoms in total. The van der Waals surface area contributed by atoms with Gasteiger partial charge in [0.2, 0.25) is 0 Å². The van der Waals surface area contributed by atoms with Crippen LogP contribution in [0.3, 0.4) is 0 Å². The molecule has 1 aromatic carbocycles. The van der Waals surface area contributed by atoms with Gasteiger partial charge in [-0.3, -0.25) is 0 Å². The first-order valence-electron chi connectivity index (χ1n) is 12.3. The molecule has 0 bridgehead atoms. The predicted molar refractivity (Wildman–Crippen MR) is 125 cm³/mol. The van der Waals surface area contributed by atoms with Crippen LogP contribution < -0.4 is 0 Å². The van der Waals surface area contributed by atoms with Crippen molar-refractivity contribution in [1.29, 1.82) is 5.26 Å². The average Bonchev–Trinajstić information content (AvgIpc) is 2.83. The van der Waals surface area contributed by atoms with Crippen LogP contribution >= 0.6 is 0 Å². The highest BCUT2D eigenvalue weighted by molar-refractivity contribution is 5.25. The number of rotatable bonds is 9. The lowest BCUT2D eigenvalue weighted by Gasteiger charge is -2.32. The monoisotopic (exact) mass is 423 g/mol. The van der Waals surface area contributed by atoms with E-state index in [-0.39, 0.29) is 0 Å². The summed E-state index contributed by atoms with van der Waals surface area (Å²) in [5, 5.41) is 8.38. The molecule has 1 aromatic rings. The van der Waals surface area contributed by atoms with Gasteiger partial charge in [-0.15, -0.1) is 0 Å². The van der Waals surface area contributed by atoms with E-state index in [9.17, 15) is 4.39 Å². The van der Waals surface area contributed by atoms with Crippen molar-refractivity contribution in [3.63, 3.8) is 0 Å². The van der Waals surface area contributed by atoms with E-state index < -0.39 is 5.83 Å². The van der Waals surface area contributed by atoms with Gasteiger partial charge in [0.1, 0.15) is 6.07 Å². The second-order valence-electron chi connectivity index (χ2n) is 9.42. The Morgan fingerprint density at radius 1 is 1.03 bits per heavy atom. The number of nitrogens with zero attached hydrogens (tertiary/aromatic N) is 1. The molecule has 0 spiro atoms. The fourth-order valence-electron chi connectivity index (χ4n) is 5.17. The zero-order chi connectivity index (χ0) is 21.9. The Morgan fingerprint density at radius 2 is 1.71 bits per heavy atom. The zero-order valence-corrected chi connectivity index (χ0v) is 19.1. The molecule has 0 heterocycles. The molecule has 2 aliphatic carbocycles. The minimum Gasteiger partial charge on any atom is -0.378 e. The van der Waals surface area contributed by atoms with Crippen LogP contribution in [0.2, 0.25) is 0 Å². The largest absolute Gasteiger partial charge is 0.378 e. The van der Waals surface area contributed by atoms with Gasteiger partial charge in [0.25, 0.3) is 0 Å². The maximum atomic E-state index is 12.7. The number of benzene rings is 1. The maximum absolute atomic E-state index is 12.7. The Morgan fingerprint density at radius 3 is 2.35 bits per heavy atom. The van der Waals surface area contributed by atoms with E-state index in [0.29, 0.717) is 12.0 Å². The third kappa shape index (κ3) is 7.93. The molecule has 0 saturated heterocycles. The van der Waals surface area contributed by atoms with Gasteiger partial charge in [0.05, 0.1) is 6.10 Å². The smallest absolute Gasteiger partial charge is 0.199 e. The highest BCUT2D eigenvalue weighted by Gasteiger charge is 2.25. The summed E-state index contributed by atoms with van der Waals surface area (Å²) in [6, 6.07) is 10.7. The number of ether oxygens (including phenoxy) is 1. The van der Waals surface area contributed by atoms with Crippen LogP contribution in [0.1, 0.15) is 88.2 Å². The molecule has 2 saturated carbocycles. The van der Waals surface area contributed by atoms with Crippen molar-refractivity contribution in [3.8, 4) is 6.07 Å². The van der Waals surface area contributed by atoms with E-state index in [0.717, 1.165) is 37.7 Å². The van der Waals surface area contributed by atoms with Crippen molar-refractivity contribution < 1.29 is 9.13 Å². The van der Waals surface area contributed by atoms with Gasteiger partial charge >= 0.3 is 0 Å². The van der Waals surface area contributed by atoms with Crippen LogP contribution in [0.15, 0.2) is 48.3 Å². The van der Waals surface area contributed by atoms with Gasteiger partial charge in [0.15, 0.2) is 5.83 Å². The van der Waals surface area contributed by atoms with Crippen LogP contribution in [-0.2, 0) is 11.2 Å². The molecule has 0 N–H and O–H groups in total. The lowest BCUT2D eigenvalue weighted by molar-refractivity contribution is -0.00474. The Balaban J connectivity index is 1.28. The second-order valence-corrected chi connectivity index (χ2v) is 9.42. The molecule has 0 unspecified atom stereocenters. The van der Waals surface area contributed by atoms with Crippen molar-refractivity contribution >= 4 is 0 Å². The van der Waals surface area contributed by atoms with Crippen molar-refractivity contribution in [3.05, 3.63) is 59.4 Å². The molecule has 31 heavy (non-hydrogen) atoms. The predicted octanol–water partition coefficient (Wildman–Crippen LogP) is 7.81. The first-order chi connectivity index (χ1) is 15.2. The van der Waals surface area contributed by atoms with Crippen LogP contribution in [0.25, 0.3) is 0 Å². The van der Waals surface area contributed by atoms with Gasteiger partial charge in [0, 0.05) is 6.61 Å². The van der Waals surface area contributed by atoms with E-state index in [2.05, 4.69) is 31.2 Å². The zero-order valence-electron chi connectivity index (χ0n) is 19.1. The van der Waals surface area contributed by atoms with Gasteiger partial charge in [-0.2, -0.15) is 9.65 Å². The number of aryl methyl sites for hydroxylation is 1. The van der Waals surface area contributed by atoms with E-state index in [4.69, 9.17) is 10.00 Å². The SMILES string of the molecule is CCc1ccc([C@H]2CC[C@H](OC[C@H]3CC[C@H](CCC=CC=C(F)C#N)CC3)CC2)cc1. The minimum absolute atomic E-state index is 0.455. The molecule has 0 radical (unpaired) electrons. The lowest BCUT2D eigenvalue weighted by atomic mass is 9.80. The van der Waals surface area contributed by atoms with Crippen molar-refractivity contribution in [1.82, 2.24) is 0 Å². The number of nitriles is 1. The lowest BCUT2D eigenvalue weighted by Crippen LogP contribution is -2.25. The van der Waals surface area contributed by atoms with E-state index in [1.54, 1.807) is 6.08 Å². The number of halogens is 1. The summed E-state index contributed by atoms with van der Waals surface area (Å²) >= 11 is 0. The molecule has 0 amide bonds. The highest BCUT2D eigenvalue weighted by Crippen LogP contribution is 2.36. The third-order valence-corrected chi connectivity index (χ3v) is 7.29. The summed E-state index contributed by atoms with van der Waals surface area (Å²) in [5.41, 5.74) is 2.94. The van der Waals surface area contributed by atoms with Gasteiger partial charge < -0.3 is 4.74 Å². The summed E-state index contributed by atoms with van der Waals surface area (Å²) in [7, 11) is 0. The standard InChI is InChI=1S/C28H38FNO/c1-2-22-12-14-25(15-13-22)26-16-18-28(19-17-26)31-21-24-10-8-23(9-11-24)6-4-3-5-7-27(29)20-30/h3,5,7,12-15,23-24,26,28H,2,4,6,8-11,16-19,21H2,1H3/t23-,24-,26-,28-. The van der Waals surface area contributed by atoms with Crippen molar-refractivity contribution in [2.75, 3.05) is 6.61 Å². The summed E-state index contributed by atoms with van der Waals surface area (Å²) in [5.74, 6) is 1.48. The first-order valence-corrected chi connectivity index (χ1v) is 12.3. The minimum atomic E-state index is -0.726. The van der Waals surface area contributed by atoms with Gasteiger partial charge in [-0.05, 0) is 92.7 Å². The van der Waals surface area contributed by atoms with Crippen LogP contribution in [0.5, 0.6) is 0 Å².